The van der Waals surface area contributed by atoms with Gasteiger partial charge in [0.1, 0.15) is 30.3 Å². The van der Waals surface area contributed by atoms with Gasteiger partial charge in [-0.2, -0.15) is 0 Å². The minimum absolute atomic E-state index is 0.0347. The molecule has 89 heavy (non-hydrogen) atoms. The third kappa shape index (κ3) is 16.9. The highest BCUT2D eigenvalue weighted by molar-refractivity contribution is 6.19. The van der Waals surface area contributed by atoms with Gasteiger partial charge in [-0.25, -0.2) is 14.4 Å². The number of fused-ring (bicyclic) bond motifs is 4. The van der Waals surface area contributed by atoms with E-state index < -0.39 is 47.9 Å². The van der Waals surface area contributed by atoms with Crippen molar-refractivity contribution >= 4 is 104 Å². The van der Waals surface area contributed by atoms with Crippen LogP contribution in [0.3, 0.4) is 0 Å². The summed E-state index contributed by atoms with van der Waals surface area (Å²) >= 11 is 6.60. The van der Waals surface area contributed by atoms with Crippen LogP contribution in [-0.2, 0) is 41.7 Å². The SMILES string of the molecule is CC(C)[C@H](CCCNC(=O)CCCN1C(=O)C=CC1=O)C(=O)N[C@@H](CCCNC(N)=O)C(=O)Cc1ccc(COC(=O)N(C)c2ccccc2N(C)C(=O)Oc2cc3c(c4ccccc24)[C@H](CCl)CN3C(=O)c2cc3cc(OCCN(C)C)ccc3o2)cc1. The van der Waals surface area contributed by atoms with Crippen molar-refractivity contribution in [2.45, 2.75) is 77.4 Å². The monoisotopic (exact) mass is 1240 g/mol. The average Bonchev–Trinajstić information content (AvgIpc) is 1.78. The van der Waals surface area contributed by atoms with Crippen LogP contribution in [0.5, 0.6) is 11.5 Å². The molecule has 0 bridgehead atoms. The number of para-hydroxylation sites is 2. The van der Waals surface area contributed by atoms with Crippen molar-refractivity contribution in [1.82, 2.24) is 25.8 Å². The third-order valence-corrected chi connectivity index (χ3v) is 16.1. The first-order valence-corrected chi connectivity index (χ1v) is 30.2. The molecule has 5 aromatic carbocycles. The standard InChI is InChI=1S/C66H76ClN9O13/c1-41(2)47(16-11-29-69-58(78)20-13-31-75-59(79)27-28-60(75)80)62(81)71-50(17-12-30-70-64(68)83)54(77)34-42-21-23-43(24-22-42)40-87-65(84)73(5)51-18-9-10-19-52(51)74(6)66(85)89-56-37-53-61(49-15-8-7-14-48(49)56)45(38-67)39-76(53)63(82)57-36-44-35-46(25-26-55(44)88-57)86-33-32-72(3)4/h7-10,14-15,18-19,21-28,35-37,41,45,47,50H,11-13,16-17,20,29-34,38-40H2,1-6H3,(H,69,78)(H,71,81)(H3,68,70,83)/t45-,47+,50+/m1/s1. The predicted molar refractivity (Wildman–Crippen MR) is 338 cm³/mol. The quantitative estimate of drug-likeness (QED) is 0.0194. The minimum Gasteiger partial charge on any atom is -0.492 e. The molecule has 0 saturated carbocycles. The Morgan fingerprint density at radius 2 is 1.42 bits per heavy atom. The van der Waals surface area contributed by atoms with Crippen LogP contribution in [0.1, 0.15) is 85.5 Å². The molecule has 3 heterocycles. The van der Waals surface area contributed by atoms with Crippen molar-refractivity contribution in [3.8, 4) is 11.5 Å². The molecule has 8 rings (SSSR count). The number of imide groups is 1. The highest BCUT2D eigenvalue weighted by Gasteiger charge is 2.37. The number of rotatable bonds is 29. The number of nitrogens with two attached hydrogens (primary N) is 1. The fraction of sp³-hybridized carbons (Fsp3) is 0.379. The number of amides is 9. The van der Waals surface area contributed by atoms with Crippen LogP contribution in [0.4, 0.5) is 31.4 Å². The molecule has 23 heteroatoms. The number of furan rings is 1. The number of hydrogen-bond acceptors (Lipinski definition) is 14. The molecule has 3 atom stereocenters. The van der Waals surface area contributed by atoms with Gasteiger partial charge in [-0.1, -0.05) is 74.5 Å². The van der Waals surface area contributed by atoms with Crippen LogP contribution in [0.15, 0.2) is 120 Å². The van der Waals surface area contributed by atoms with Crippen LogP contribution in [0.2, 0.25) is 0 Å². The Hall–Kier alpha value is -9.28. The van der Waals surface area contributed by atoms with Crippen molar-refractivity contribution in [3.05, 3.63) is 138 Å². The number of nitrogens with zero attached hydrogens (tertiary/aromatic N) is 5. The molecule has 0 radical (unpaired) electrons. The van der Waals surface area contributed by atoms with Crippen molar-refractivity contribution in [1.29, 1.82) is 0 Å². The van der Waals surface area contributed by atoms with Crippen LogP contribution in [-0.4, -0.2) is 143 Å². The van der Waals surface area contributed by atoms with Crippen molar-refractivity contribution in [3.63, 3.8) is 0 Å². The van der Waals surface area contributed by atoms with E-state index in [4.69, 9.17) is 36.0 Å². The average molecular weight is 1240 g/mol. The second-order valence-electron chi connectivity index (χ2n) is 22.7. The van der Waals surface area contributed by atoms with Crippen LogP contribution in [0, 0.1) is 11.8 Å². The number of benzene rings is 5. The number of ketones is 1. The molecule has 0 saturated heterocycles. The summed E-state index contributed by atoms with van der Waals surface area (Å²) in [5.74, 6) is -1.65. The summed E-state index contributed by atoms with van der Waals surface area (Å²) in [7, 11) is 6.96. The normalized spacial score (nSPS) is 14.2. The lowest BCUT2D eigenvalue weighted by atomic mass is 9.89. The first kappa shape index (κ1) is 65.7. The maximum Gasteiger partial charge on any atom is 0.419 e. The number of primary amides is 1. The first-order chi connectivity index (χ1) is 42.7. The summed E-state index contributed by atoms with van der Waals surface area (Å²) in [4.78, 5) is 125. The number of carbonyl (C=O) groups excluding carboxylic acids is 9. The largest absolute Gasteiger partial charge is 0.492 e. The Labute approximate surface area is 521 Å². The lowest BCUT2D eigenvalue weighted by Gasteiger charge is -2.25. The summed E-state index contributed by atoms with van der Waals surface area (Å²) in [5.41, 5.74) is 9.07. The molecule has 0 unspecified atom stereocenters. The van der Waals surface area contributed by atoms with Gasteiger partial charge in [-0.05, 0) is 111 Å². The van der Waals surface area contributed by atoms with E-state index in [1.54, 1.807) is 77.7 Å². The number of ether oxygens (including phenoxy) is 3. The molecule has 6 aromatic rings. The van der Waals surface area contributed by atoms with Crippen LogP contribution in [0.25, 0.3) is 21.7 Å². The van der Waals surface area contributed by atoms with Gasteiger partial charge in [-0.15, -0.1) is 11.6 Å². The van der Waals surface area contributed by atoms with E-state index in [0.717, 1.165) is 22.4 Å². The van der Waals surface area contributed by atoms with Crippen molar-refractivity contribution in [2.24, 2.45) is 17.6 Å². The number of Topliss-reactive ketones (excluding diaryl/α,β-unsaturated/α-hetero) is 1. The smallest absolute Gasteiger partial charge is 0.419 e. The van der Waals surface area contributed by atoms with Gasteiger partial charge >= 0.3 is 18.2 Å². The molecule has 2 aliphatic heterocycles. The first-order valence-electron chi connectivity index (χ1n) is 29.6. The summed E-state index contributed by atoms with van der Waals surface area (Å²) < 4.78 is 24.0. The lowest BCUT2D eigenvalue weighted by molar-refractivity contribution is -0.137. The molecule has 0 fully saturated rings. The predicted octanol–water partition coefficient (Wildman–Crippen LogP) is 8.84. The number of carbonyl (C=O) groups is 9. The zero-order chi connectivity index (χ0) is 63.9. The van der Waals surface area contributed by atoms with Gasteiger partial charge in [0.15, 0.2) is 11.5 Å². The van der Waals surface area contributed by atoms with E-state index in [2.05, 4.69) is 16.0 Å². The van der Waals surface area contributed by atoms with Crippen LogP contribution < -0.4 is 45.9 Å². The molecule has 5 N–H and O–H groups in total. The topological polar surface area (TPSA) is 273 Å². The van der Waals surface area contributed by atoms with Gasteiger partial charge in [0, 0.05) is 106 Å². The fourth-order valence-corrected chi connectivity index (χ4v) is 11.0. The number of nitrogens with one attached hydrogen (secondary N) is 3. The maximum absolute atomic E-state index is 14.4. The summed E-state index contributed by atoms with van der Waals surface area (Å²) in [6.45, 7) is 5.79. The Bertz CT molecular complexity index is 3610. The Balaban J connectivity index is 0.867. The number of halogens is 1. The van der Waals surface area contributed by atoms with Gasteiger partial charge in [-0.3, -0.25) is 43.5 Å². The second-order valence-corrected chi connectivity index (χ2v) is 23.0. The number of alkyl halides is 1. The molecule has 22 nitrogen and oxygen atoms in total. The molecule has 0 aliphatic carbocycles. The highest BCUT2D eigenvalue weighted by Crippen LogP contribution is 2.46. The summed E-state index contributed by atoms with van der Waals surface area (Å²) in [6.07, 6.45) is 2.78. The molecule has 1 aromatic heterocycles. The molecule has 0 spiro atoms. The second kappa shape index (κ2) is 30.6. The number of hydrogen-bond donors (Lipinski definition) is 4. The van der Waals surface area contributed by atoms with Gasteiger partial charge in [0.25, 0.3) is 17.7 Å². The molecular formula is C66H76ClN9O13. The van der Waals surface area contributed by atoms with Crippen molar-refractivity contribution < 1.29 is 61.8 Å². The van der Waals surface area contributed by atoms with Crippen LogP contribution >= 0.6 is 11.6 Å². The van der Waals surface area contributed by atoms with Crippen molar-refractivity contribution in [2.75, 3.05) is 88.1 Å². The number of urea groups is 1. The minimum atomic E-state index is -0.890. The zero-order valence-corrected chi connectivity index (χ0v) is 51.6. The summed E-state index contributed by atoms with van der Waals surface area (Å²) in [6, 6.07) is 28.3. The Kier molecular flexibility index (Phi) is 22.6. The number of anilines is 3. The lowest BCUT2D eigenvalue weighted by Crippen LogP contribution is -2.46. The van der Waals surface area contributed by atoms with E-state index in [0.29, 0.717) is 89.1 Å². The van der Waals surface area contributed by atoms with E-state index in [-0.39, 0.29) is 92.3 Å². The van der Waals surface area contributed by atoms with Gasteiger partial charge in [0.05, 0.1) is 23.1 Å². The van der Waals surface area contributed by atoms with E-state index >= 15 is 0 Å². The summed E-state index contributed by atoms with van der Waals surface area (Å²) in [5, 5.41) is 10.4. The van der Waals surface area contributed by atoms with Gasteiger partial charge < -0.3 is 50.1 Å². The third-order valence-electron chi connectivity index (χ3n) is 15.7. The Morgan fingerprint density at radius 3 is 2.09 bits per heavy atom. The molecule has 9 amide bonds. The molecule has 2 aliphatic rings. The maximum atomic E-state index is 14.4. The zero-order valence-electron chi connectivity index (χ0n) is 50.9. The molecular weight excluding hydrogens is 1160 g/mol. The highest BCUT2D eigenvalue weighted by atomic mass is 35.5. The fourth-order valence-electron chi connectivity index (χ4n) is 10.8. The van der Waals surface area contributed by atoms with Gasteiger partial charge in [0.2, 0.25) is 11.8 Å². The van der Waals surface area contributed by atoms with E-state index in [1.807, 2.05) is 63.2 Å². The molecule has 470 valence electrons. The Morgan fingerprint density at radius 1 is 0.764 bits per heavy atom. The van der Waals surface area contributed by atoms with E-state index in [9.17, 15) is 43.2 Å². The van der Waals surface area contributed by atoms with E-state index in [1.165, 1.54) is 36.0 Å². The number of likely N-dealkylation sites (N-methyl/N-ethyl adjacent to an activating group) is 1.